The molecule has 0 amide bonds. The molecule has 0 saturated heterocycles. The van der Waals surface area contributed by atoms with Crippen molar-refractivity contribution in [1.29, 1.82) is 0 Å². The van der Waals surface area contributed by atoms with E-state index in [1.54, 1.807) is 0 Å². The molecule has 1 N–H and O–H groups in total. The molecule has 0 bridgehead atoms. The summed E-state index contributed by atoms with van der Waals surface area (Å²) in [5.41, 5.74) is 9.45. The predicted molar refractivity (Wildman–Crippen MR) is 127 cm³/mol. The minimum Gasteiger partial charge on any atom is -0.355 e. The third-order valence-corrected chi connectivity index (χ3v) is 6.09. The molecular weight excluding hydrogens is 380 g/mol. The molecule has 0 spiro atoms. The molecule has 0 fully saturated rings. The number of nitrogens with zero attached hydrogens (tertiary/aromatic N) is 1. The summed E-state index contributed by atoms with van der Waals surface area (Å²) >= 11 is 0. The van der Waals surface area contributed by atoms with Crippen LogP contribution in [0, 0.1) is 13.8 Å². The third-order valence-electron chi connectivity index (χ3n) is 6.09. The lowest BCUT2D eigenvalue weighted by Gasteiger charge is -2.24. The van der Waals surface area contributed by atoms with E-state index < -0.39 is 0 Å². The fourth-order valence-corrected chi connectivity index (χ4v) is 4.60. The average Bonchev–Trinajstić information content (AvgIpc) is 2.78. The second-order valence-electron chi connectivity index (χ2n) is 8.26. The molecule has 1 aromatic heterocycles. The molecule has 3 nitrogen and oxygen atoms in total. The third kappa shape index (κ3) is 2.67. The maximum absolute atomic E-state index is 13.7. The Morgan fingerprint density at radius 2 is 1.42 bits per heavy atom. The first-order chi connectivity index (χ1) is 15.1. The highest BCUT2D eigenvalue weighted by Crippen LogP contribution is 2.45. The Balaban J connectivity index is 1.73. The van der Waals surface area contributed by atoms with Crippen molar-refractivity contribution in [3.05, 3.63) is 101 Å². The maximum atomic E-state index is 13.7. The molecule has 1 aliphatic rings. The van der Waals surface area contributed by atoms with Gasteiger partial charge in [-0.15, -0.1) is 0 Å². The minimum absolute atomic E-state index is 0.0390. The SMILES string of the molecule is Cc1ccc(Nc2ccc3nc4ccc(C)cc4c4c3c2C(=O)c2ccccc2-4)cc1. The zero-order valence-corrected chi connectivity index (χ0v) is 17.4. The van der Waals surface area contributed by atoms with Gasteiger partial charge in [0.25, 0.3) is 0 Å². The van der Waals surface area contributed by atoms with Crippen molar-refractivity contribution < 1.29 is 4.79 Å². The number of carbonyl (C=O) groups excluding carboxylic acids is 1. The number of carbonyl (C=O) groups is 1. The summed E-state index contributed by atoms with van der Waals surface area (Å²) in [5, 5.41) is 5.49. The van der Waals surface area contributed by atoms with Crippen LogP contribution in [0.2, 0.25) is 0 Å². The van der Waals surface area contributed by atoms with Gasteiger partial charge >= 0.3 is 0 Å². The Labute approximate surface area is 180 Å². The Morgan fingerprint density at radius 1 is 0.710 bits per heavy atom. The molecule has 6 rings (SSSR count). The second kappa shape index (κ2) is 6.51. The highest BCUT2D eigenvalue weighted by atomic mass is 16.1. The van der Waals surface area contributed by atoms with Gasteiger partial charge in [-0.05, 0) is 55.8 Å². The number of aromatic nitrogens is 1. The van der Waals surface area contributed by atoms with Crippen molar-refractivity contribution in [2.75, 3.05) is 5.32 Å². The summed E-state index contributed by atoms with van der Waals surface area (Å²) in [5.74, 6) is 0.0390. The smallest absolute Gasteiger partial charge is 0.196 e. The average molecular weight is 400 g/mol. The predicted octanol–water partition coefficient (Wildman–Crippen LogP) is 6.96. The molecule has 0 saturated carbocycles. The summed E-state index contributed by atoms with van der Waals surface area (Å²) in [6.45, 7) is 4.15. The maximum Gasteiger partial charge on any atom is 0.196 e. The van der Waals surface area contributed by atoms with Gasteiger partial charge in [0.05, 0.1) is 22.3 Å². The van der Waals surface area contributed by atoms with E-state index >= 15 is 0 Å². The van der Waals surface area contributed by atoms with Gasteiger partial charge in [-0.1, -0.05) is 53.6 Å². The van der Waals surface area contributed by atoms with Crippen molar-refractivity contribution in [2.24, 2.45) is 0 Å². The number of hydrogen-bond donors (Lipinski definition) is 1. The van der Waals surface area contributed by atoms with Gasteiger partial charge in [-0.2, -0.15) is 0 Å². The first-order valence-corrected chi connectivity index (χ1v) is 10.4. The van der Waals surface area contributed by atoms with Crippen LogP contribution in [-0.2, 0) is 0 Å². The van der Waals surface area contributed by atoms with Crippen LogP contribution >= 0.6 is 0 Å². The second-order valence-corrected chi connectivity index (χ2v) is 8.26. The van der Waals surface area contributed by atoms with Crippen molar-refractivity contribution in [3.63, 3.8) is 0 Å². The Morgan fingerprint density at radius 3 is 2.23 bits per heavy atom. The van der Waals surface area contributed by atoms with Crippen LogP contribution in [0.3, 0.4) is 0 Å². The van der Waals surface area contributed by atoms with E-state index in [0.717, 1.165) is 49.9 Å². The normalized spacial score (nSPS) is 12.3. The van der Waals surface area contributed by atoms with E-state index in [1.807, 2.05) is 48.5 Å². The number of benzene rings is 4. The van der Waals surface area contributed by atoms with Crippen LogP contribution in [-0.4, -0.2) is 10.8 Å². The van der Waals surface area contributed by atoms with E-state index in [1.165, 1.54) is 11.1 Å². The van der Waals surface area contributed by atoms with E-state index in [-0.39, 0.29) is 5.78 Å². The summed E-state index contributed by atoms with van der Waals surface area (Å²) in [6.07, 6.45) is 0. The molecule has 0 aliphatic heterocycles. The molecule has 0 radical (unpaired) electrons. The number of nitrogens with one attached hydrogen (secondary N) is 1. The molecule has 0 unspecified atom stereocenters. The van der Waals surface area contributed by atoms with Gasteiger partial charge in [0.1, 0.15) is 0 Å². The molecular formula is C28H20N2O. The van der Waals surface area contributed by atoms with Gasteiger partial charge in [0.15, 0.2) is 5.78 Å². The van der Waals surface area contributed by atoms with E-state index in [4.69, 9.17) is 4.98 Å². The van der Waals surface area contributed by atoms with Gasteiger partial charge in [0.2, 0.25) is 0 Å². The highest BCUT2D eigenvalue weighted by Gasteiger charge is 2.29. The summed E-state index contributed by atoms with van der Waals surface area (Å²) < 4.78 is 0. The van der Waals surface area contributed by atoms with Crippen LogP contribution in [0.4, 0.5) is 11.4 Å². The monoisotopic (exact) mass is 400 g/mol. The van der Waals surface area contributed by atoms with Crippen LogP contribution in [0.25, 0.3) is 32.9 Å². The van der Waals surface area contributed by atoms with Crippen LogP contribution in [0.1, 0.15) is 27.0 Å². The van der Waals surface area contributed by atoms with Gasteiger partial charge < -0.3 is 5.32 Å². The Hall–Kier alpha value is -3.98. The largest absolute Gasteiger partial charge is 0.355 e. The number of fused-ring (bicyclic) bond motifs is 4. The van der Waals surface area contributed by atoms with E-state index in [0.29, 0.717) is 5.56 Å². The number of rotatable bonds is 2. The lowest BCUT2D eigenvalue weighted by atomic mass is 9.81. The molecule has 148 valence electrons. The summed E-state index contributed by atoms with van der Waals surface area (Å²) in [4.78, 5) is 18.6. The summed E-state index contributed by atoms with van der Waals surface area (Å²) in [6, 6.07) is 26.4. The zero-order valence-electron chi connectivity index (χ0n) is 17.4. The van der Waals surface area contributed by atoms with E-state index in [2.05, 4.69) is 49.5 Å². The molecule has 4 aromatic carbocycles. The summed E-state index contributed by atoms with van der Waals surface area (Å²) in [7, 11) is 0. The van der Waals surface area contributed by atoms with Crippen LogP contribution in [0.15, 0.2) is 78.9 Å². The first kappa shape index (κ1) is 17.8. The number of ketones is 1. The molecule has 3 heteroatoms. The van der Waals surface area contributed by atoms with Crippen LogP contribution in [0.5, 0.6) is 0 Å². The quantitative estimate of drug-likeness (QED) is 0.319. The van der Waals surface area contributed by atoms with Gasteiger partial charge in [0, 0.05) is 27.6 Å². The number of pyridine rings is 1. The van der Waals surface area contributed by atoms with Crippen molar-refractivity contribution >= 4 is 39.0 Å². The molecule has 0 atom stereocenters. The number of anilines is 2. The fraction of sp³-hybridized carbons (Fsp3) is 0.0714. The minimum atomic E-state index is 0.0390. The number of hydrogen-bond acceptors (Lipinski definition) is 3. The zero-order chi connectivity index (χ0) is 21.1. The molecule has 5 aromatic rings. The lowest BCUT2D eigenvalue weighted by Crippen LogP contribution is -2.13. The first-order valence-electron chi connectivity index (χ1n) is 10.4. The topological polar surface area (TPSA) is 42.0 Å². The molecule has 1 aliphatic carbocycles. The van der Waals surface area contributed by atoms with Crippen molar-refractivity contribution in [2.45, 2.75) is 13.8 Å². The molecule has 1 heterocycles. The van der Waals surface area contributed by atoms with Crippen LogP contribution < -0.4 is 5.32 Å². The Bertz CT molecular complexity index is 1530. The molecule has 31 heavy (non-hydrogen) atoms. The van der Waals surface area contributed by atoms with Gasteiger partial charge in [-0.25, -0.2) is 4.98 Å². The standard InChI is InChI=1S/C28H20N2O/c1-16-7-10-18(11-8-16)29-24-14-13-23-26-25(21-15-17(2)9-12-22(21)30-23)19-5-3-4-6-20(19)28(31)27(24)26/h3-15,29H,1-2H3. The number of aryl methyl sites for hydroxylation is 2. The highest BCUT2D eigenvalue weighted by molar-refractivity contribution is 6.31. The fourth-order valence-electron chi connectivity index (χ4n) is 4.60. The van der Waals surface area contributed by atoms with E-state index in [9.17, 15) is 4.79 Å². The van der Waals surface area contributed by atoms with Crippen molar-refractivity contribution in [1.82, 2.24) is 4.98 Å². The lowest BCUT2D eigenvalue weighted by molar-refractivity contribution is 0.104. The van der Waals surface area contributed by atoms with Gasteiger partial charge in [-0.3, -0.25) is 4.79 Å². The Kier molecular flexibility index (Phi) is 3.75. The van der Waals surface area contributed by atoms with Crippen molar-refractivity contribution in [3.8, 4) is 11.1 Å².